The lowest BCUT2D eigenvalue weighted by molar-refractivity contribution is -0.137. The third-order valence-electron chi connectivity index (χ3n) is 6.37. The third kappa shape index (κ3) is 5.78. The summed E-state index contributed by atoms with van der Waals surface area (Å²) in [4.78, 5) is 35.9. The molecule has 2 aromatic heterocycles. The monoisotopic (exact) mass is 574 g/mol. The molecule has 0 aliphatic carbocycles. The fourth-order valence-electron chi connectivity index (χ4n) is 4.42. The van der Waals surface area contributed by atoms with E-state index in [1.54, 1.807) is 30.3 Å². The Bertz CT molecular complexity index is 1460. The first-order valence-electron chi connectivity index (χ1n) is 11.9. The smallest absolute Gasteiger partial charge is 0.303 e. The molecule has 5 rings (SSSR count). The maximum atomic E-state index is 13.4. The highest BCUT2D eigenvalue weighted by Gasteiger charge is 2.38. The SMILES string of the molecule is CO[C@@H]1C[C@@H](c2ncc(CCC(=O)O)s2)N(C(=O)Cc2cc(Cl)c(Nc3nc4ccccc4o3)cc2Cl)C1. The highest BCUT2D eigenvalue weighted by atomic mass is 35.5. The van der Waals surface area contributed by atoms with Gasteiger partial charge in [-0.2, -0.15) is 4.98 Å². The number of hydrogen-bond acceptors (Lipinski definition) is 8. The van der Waals surface area contributed by atoms with Crippen molar-refractivity contribution in [3.8, 4) is 0 Å². The predicted octanol–water partition coefficient (Wildman–Crippen LogP) is 5.88. The van der Waals surface area contributed by atoms with Gasteiger partial charge in [-0.1, -0.05) is 35.3 Å². The van der Waals surface area contributed by atoms with Gasteiger partial charge in [0.2, 0.25) is 5.91 Å². The number of anilines is 2. The second-order valence-corrected chi connectivity index (χ2v) is 10.9. The minimum Gasteiger partial charge on any atom is -0.481 e. The van der Waals surface area contributed by atoms with Gasteiger partial charge in [-0.25, -0.2) is 4.98 Å². The first-order chi connectivity index (χ1) is 18.3. The van der Waals surface area contributed by atoms with Crippen LogP contribution in [0.4, 0.5) is 11.7 Å². The molecule has 9 nitrogen and oxygen atoms in total. The zero-order valence-electron chi connectivity index (χ0n) is 20.3. The van der Waals surface area contributed by atoms with E-state index in [-0.39, 0.29) is 36.9 Å². The number of halogens is 2. The van der Waals surface area contributed by atoms with E-state index in [9.17, 15) is 9.59 Å². The molecular weight excluding hydrogens is 551 g/mol. The maximum absolute atomic E-state index is 13.4. The lowest BCUT2D eigenvalue weighted by Crippen LogP contribution is -2.33. The van der Waals surface area contributed by atoms with E-state index in [2.05, 4.69) is 15.3 Å². The van der Waals surface area contributed by atoms with Crippen molar-refractivity contribution in [2.45, 2.75) is 37.8 Å². The molecule has 0 bridgehead atoms. The summed E-state index contributed by atoms with van der Waals surface area (Å²) in [6.07, 6.45) is 2.65. The number of carbonyl (C=O) groups is 2. The summed E-state index contributed by atoms with van der Waals surface area (Å²) in [5, 5.41) is 13.5. The molecule has 1 aliphatic heterocycles. The van der Waals surface area contributed by atoms with E-state index in [1.807, 2.05) is 24.3 Å². The van der Waals surface area contributed by atoms with E-state index in [0.717, 1.165) is 9.88 Å². The number of benzene rings is 2. The molecule has 1 aliphatic rings. The van der Waals surface area contributed by atoms with Crippen LogP contribution in [0.5, 0.6) is 0 Å². The number of nitrogens with zero attached hydrogens (tertiary/aromatic N) is 3. The number of methoxy groups -OCH3 is 1. The summed E-state index contributed by atoms with van der Waals surface area (Å²) in [5.41, 5.74) is 2.45. The number of aryl methyl sites for hydroxylation is 1. The van der Waals surface area contributed by atoms with Crippen molar-refractivity contribution < 1.29 is 23.8 Å². The molecule has 198 valence electrons. The summed E-state index contributed by atoms with van der Waals surface area (Å²) in [5.74, 6) is -0.989. The average Bonchev–Trinajstić information content (AvgIpc) is 3.63. The molecular formula is C26H24Cl2N4O5S. The first kappa shape index (κ1) is 26.4. The molecule has 3 heterocycles. The number of nitrogens with one attached hydrogen (secondary N) is 1. The normalized spacial score (nSPS) is 17.3. The number of carboxylic acids is 1. The van der Waals surface area contributed by atoms with Crippen molar-refractivity contribution in [1.82, 2.24) is 14.9 Å². The number of carboxylic acid groups (broad SMARTS) is 1. The fraction of sp³-hybridized carbons (Fsp3) is 0.308. The number of rotatable bonds is 9. The van der Waals surface area contributed by atoms with Gasteiger partial charge in [-0.05, 0) is 36.2 Å². The van der Waals surface area contributed by atoms with Crippen LogP contribution in [-0.4, -0.2) is 51.6 Å². The van der Waals surface area contributed by atoms with Crippen LogP contribution in [0.3, 0.4) is 0 Å². The van der Waals surface area contributed by atoms with Crippen LogP contribution >= 0.6 is 34.5 Å². The van der Waals surface area contributed by atoms with Crippen molar-refractivity contribution >= 4 is 69.2 Å². The fourth-order valence-corrected chi connectivity index (χ4v) is 5.93. The molecule has 2 atom stereocenters. The van der Waals surface area contributed by atoms with E-state index in [1.165, 1.54) is 11.3 Å². The van der Waals surface area contributed by atoms with Gasteiger partial charge in [-0.15, -0.1) is 11.3 Å². The molecule has 0 unspecified atom stereocenters. The number of para-hydroxylation sites is 2. The van der Waals surface area contributed by atoms with Crippen molar-refractivity contribution in [3.05, 3.63) is 68.1 Å². The van der Waals surface area contributed by atoms with Crippen LogP contribution < -0.4 is 5.32 Å². The topological polar surface area (TPSA) is 118 Å². The van der Waals surface area contributed by atoms with Crippen LogP contribution in [0, 0.1) is 0 Å². The zero-order valence-corrected chi connectivity index (χ0v) is 22.6. The largest absolute Gasteiger partial charge is 0.481 e. The van der Waals surface area contributed by atoms with Crippen LogP contribution in [0.25, 0.3) is 11.1 Å². The zero-order chi connectivity index (χ0) is 26.8. The van der Waals surface area contributed by atoms with E-state index in [4.69, 9.17) is 37.5 Å². The second-order valence-electron chi connectivity index (χ2n) is 8.93. The molecule has 1 fully saturated rings. The lowest BCUT2D eigenvalue weighted by Gasteiger charge is -2.23. The minimum atomic E-state index is -0.859. The number of hydrogen-bond donors (Lipinski definition) is 2. The summed E-state index contributed by atoms with van der Waals surface area (Å²) in [6, 6.07) is 10.7. The van der Waals surface area contributed by atoms with Gasteiger partial charge >= 0.3 is 5.97 Å². The van der Waals surface area contributed by atoms with E-state index in [0.29, 0.717) is 51.8 Å². The molecule has 0 saturated carbocycles. The van der Waals surface area contributed by atoms with Crippen molar-refractivity contribution in [2.24, 2.45) is 0 Å². The number of amides is 1. The Balaban J connectivity index is 1.31. The number of likely N-dealkylation sites (tertiary alicyclic amines) is 1. The summed E-state index contributed by atoms with van der Waals surface area (Å²) >= 11 is 14.5. The Morgan fingerprint density at radius 3 is 2.84 bits per heavy atom. The number of thiazole rings is 1. The summed E-state index contributed by atoms with van der Waals surface area (Å²) in [7, 11) is 1.62. The van der Waals surface area contributed by atoms with Gasteiger partial charge in [0.05, 0.1) is 35.7 Å². The van der Waals surface area contributed by atoms with Gasteiger partial charge in [0, 0.05) is 36.2 Å². The molecule has 12 heteroatoms. The number of fused-ring (bicyclic) bond motifs is 1. The molecule has 1 saturated heterocycles. The second kappa shape index (κ2) is 11.3. The number of carbonyl (C=O) groups excluding carboxylic acids is 1. The highest BCUT2D eigenvalue weighted by Crippen LogP contribution is 2.37. The van der Waals surface area contributed by atoms with Gasteiger partial charge in [0.1, 0.15) is 10.5 Å². The van der Waals surface area contributed by atoms with Crippen molar-refractivity contribution in [1.29, 1.82) is 0 Å². The summed E-state index contributed by atoms with van der Waals surface area (Å²) < 4.78 is 11.3. The van der Waals surface area contributed by atoms with Gasteiger partial charge in [0.25, 0.3) is 6.01 Å². The Kier molecular flexibility index (Phi) is 7.85. The molecule has 2 aromatic carbocycles. The number of aromatic nitrogens is 2. The van der Waals surface area contributed by atoms with Crippen molar-refractivity contribution in [3.63, 3.8) is 0 Å². The average molecular weight is 575 g/mol. The number of oxazole rings is 1. The molecule has 4 aromatic rings. The van der Waals surface area contributed by atoms with Gasteiger partial charge in [0.15, 0.2) is 5.58 Å². The van der Waals surface area contributed by atoms with Crippen molar-refractivity contribution in [2.75, 3.05) is 19.0 Å². The summed E-state index contributed by atoms with van der Waals surface area (Å²) in [6.45, 7) is 0.423. The Morgan fingerprint density at radius 1 is 1.26 bits per heavy atom. The van der Waals surface area contributed by atoms with Crippen LogP contribution in [0.2, 0.25) is 10.0 Å². The predicted molar refractivity (Wildman–Crippen MR) is 145 cm³/mol. The number of aliphatic carboxylic acids is 1. The standard InChI is InChI=1S/C26H24Cl2N4O5S/c1-36-15-10-21(25-29-12-16(38-25)6-7-24(34)35)32(13-15)23(33)9-14-8-18(28)20(11-17(14)27)31-26-30-19-4-2-3-5-22(19)37-26/h2-5,8,11-12,15,21H,6-7,9-10,13H2,1H3,(H,30,31)(H,34,35)/t15-,21+/m1/s1. The van der Waals surface area contributed by atoms with Gasteiger partial charge in [-0.3, -0.25) is 9.59 Å². The third-order valence-corrected chi connectivity index (χ3v) is 8.19. The Hall–Kier alpha value is -3.18. The molecule has 0 spiro atoms. The quantitative estimate of drug-likeness (QED) is 0.254. The Labute approximate surface area is 232 Å². The Morgan fingerprint density at radius 2 is 2.08 bits per heavy atom. The first-order valence-corrected chi connectivity index (χ1v) is 13.5. The number of ether oxygens (including phenoxy) is 1. The molecule has 2 N–H and O–H groups in total. The van der Waals surface area contributed by atoms with Crippen LogP contribution in [0.15, 0.2) is 47.0 Å². The van der Waals surface area contributed by atoms with E-state index < -0.39 is 5.97 Å². The van der Waals surface area contributed by atoms with Crippen LogP contribution in [-0.2, 0) is 27.2 Å². The maximum Gasteiger partial charge on any atom is 0.303 e. The molecule has 0 radical (unpaired) electrons. The minimum absolute atomic E-state index is 0.0339. The van der Waals surface area contributed by atoms with Gasteiger partial charge < -0.3 is 24.5 Å². The van der Waals surface area contributed by atoms with Crippen LogP contribution in [0.1, 0.15) is 34.3 Å². The molecule has 38 heavy (non-hydrogen) atoms. The lowest BCUT2D eigenvalue weighted by atomic mass is 10.1. The molecule has 1 amide bonds. The highest BCUT2D eigenvalue weighted by molar-refractivity contribution is 7.11. The van der Waals surface area contributed by atoms with E-state index >= 15 is 0 Å².